The molecule has 0 bridgehead atoms. The molecule has 0 aliphatic heterocycles. The zero-order valence-corrected chi connectivity index (χ0v) is 13.4. The minimum absolute atomic E-state index is 0.544. The van der Waals surface area contributed by atoms with Gasteiger partial charge in [-0.3, -0.25) is 0 Å². The maximum absolute atomic E-state index is 4.46. The first kappa shape index (κ1) is 14.6. The molecule has 0 N–H and O–H groups in total. The first-order valence-electron chi connectivity index (χ1n) is 6.49. The van der Waals surface area contributed by atoms with E-state index >= 15 is 0 Å². The number of hydrogen-bond donors (Lipinski definition) is 0. The third-order valence-corrected chi connectivity index (χ3v) is 5.04. The number of rotatable bonds is 7. The van der Waals surface area contributed by atoms with Crippen molar-refractivity contribution in [3.05, 3.63) is 34.8 Å². The van der Waals surface area contributed by atoms with E-state index in [1.807, 2.05) is 29.3 Å². The Morgan fingerprint density at radius 2 is 2.32 bits per heavy atom. The summed E-state index contributed by atoms with van der Waals surface area (Å²) in [5.74, 6) is 1.62. The van der Waals surface area contributed by atoms with Gasteiger partial charge in [-0.2, -0.15) is 0 Å². The fourth-order valence-corrected chi connectivity index (χ4v) is 3.70. The van der Waals surface area contributed by atoms with Crippen LogP contribution in [0.5, 0.6) is 0 Å². The summed E-state index contributed by atoms with van der Waals surface area (Å²) in [7, 11) is 4.21. The van der Waals surface area contributed by atoms with E-state index in [0.717, 1.165) is 24.0 Å². The number of hydrogen-bond acceptors (Lipinski definition) is 4. The molecule has 2 aromatic rings. The second-order valence-electron chi connectivity index (χ2n) is 4.93. The molecule has 104 valence electrons. The van der Waals surface area contributed by atoms with Gasteiger partial charge in [0.1, 0.15) is 0 Å². The van der Waals surface area contributed by atoms with E-state index in [9.17, 15) is 0 Å². The topological polar surface area (TPSA) is 21.1 Å². The maximum atomic E-state index is 4.46. The van der Waals surface area contributed by atoms with Gasteiger partial charge in [0.05, 0.1) is 0 Å². The molecule has 0 amide bonds. The summed E-state index contributed by atoms with van der Waals surface area (Å²) >= 11 is 3.67. The third-order valence-electron chi connectivity index (χ3n) is 2.95. The number of aromatic nitrogens is 2. The molecule has 1 atom stereocenters. The van der Waals surface area contributed by atoms with Crippen LogP contribution in [-0.2, 0) is 6.54 Å². The highest BCUT2D eigenvalue weighted by Crippen LogP contribution is 2.24. The van der Waals surface area contributed by atoms with Crippen LogP contribution in [0.15, 0.2) is 35.1 Å². The molecule has 0 saturated heterocycles. The molecule has 3 nitrogen and oxygen atoms in total. The van der Waals surface area contributed by atoms with Crippen molar-refractivity contribution in [3.63, 3.8) is 0 Å². The van der Waals surface area contributed by atoms with Gasteiger partial charge < -0.3 is 9.47 Å². The Labute approximate surface area is 123 Å². The van der Waals surface area contributed by atoms with Crippen LogP contribution >= 0.6 is 23.1 Å². The Morgan fingerprint density at radius 1 is 1.47 bits per heavy atom. The molecule has 0 aliphatic rings. The van der Waals surface area contributed by atoms with E-state index in [1.165, 1.54) is 4.88 Å². The lowest BCUT2D eigenvalue weighted by molar-refractivity contribution is 0.437. The van der Waals surface area contributed by atoms with Gasteiger partial charge in [0.2, 0.25) is 0 Å². The average Bonchev–Trinajstić information content (AvgIpc) is 3.00. The van der Waals surface area contributed by atoms with E-state index in [-0.39, 0.29) is 0 Å². The predicted octanol–water partition coefficient (Wildman–Crippen LogP) is 3.40. The van der Waals surface area contributed by atoms with Gasteiger partial charge in [-0.15, -0.1) is 11.3 Å². The Bertz CT molecular complexity index is 477. The van der Waals surface area contributed by atoms with Crippen LogP contribution < -0.4 is 0 Å². The number of imidazole rings is 1. The van der Waals surface area contributed by atoms with E-state index in [1.54, 1.807) is 0 Å². The minimum atomic E-state index is 0.544. The molecule has 0 saturated carbocycles. The molecule has 0 radical (unpaired) electrons. The van der Waals surface area contributed by atoms with Crippen molar-refractivity contribution in [1.29, 1.82) is 0 Å². The first-order chi connectivity index (χ1) is 9.16. The van der Waals surface area contributed by atoms with Crippen LogP contribution in [-0.4, -0.2) is 40.8 Å². The van der Waals surface area contributed by atoms with Gasteiger partial charge in [-0.1, -0.05) is 24.8 Å². The molecule has 5 heteroatoms. The number of thiophene rings is 1. The van der Waals surface area contributed by atoms with E-state index in [0.29, 0.717) is 5.92 Å². The predicted molar refractivity (Wildman–Crippen MR) is 84.2 cm³/mol. The average molecular weight is 295 g/mol. The van der Waals surface area contributed by atoms with Gasteiger partial charge >= 0.3 is 0 Å². The SMILES string of the molecule is CC(Cn1ccnc1SCCN(C)C)c1cccs1. The monoisotopic (exact) mass is 295 g/mol. The lowest BCUT2D eigenvalue weighted by Crippen LogP contribution is -2.15. The van der Waals surface area contributed by atoms with Crippen LogP contribution in [0.3, 0.4) is 0 Å². The fraction of sp³-hybridized carbons (Fsp3) is 0.500. The molecule has 2 rings (SSSR count). The van der Waals surface area contributed by atoms with Gasteiger partial charge in [0.15, 0.2) is 5.16 Å². The van der Waals surface area contributed by atoms with Crippen molar-refractivity contribution < 1.29 is 0 Å². The highest BCUT2D eigenvalue weighted by Gasteiger charge is 2.10. The van der Waals surface area contributed by atoms with Crippen LogP contribution in [0.1, 0.15) is 17.7 Å². The van der Waals surface area contributed by atoms with Crippen molar-refractivity contribution in [1.82, 2.24) is 14.5 Å². The molecular formula is C14H21N3S2. The van der Waals surface area contributed by atoms with E-state index < -0.39 is 0 Å². The van der Waals surface area contributed by atoms with Crippen LogP contribution in [0.4, 0.5) is 0 Å². The first-order valence-corrected chi connectivity index (χ1v) is 8.35. The smallest absolute Gasteiger partial charge is 0.167 e. The van der Waals surface area contributed by atoms with Gasteiger partial charge in [-0.25, -0.2) is 4.98 Å². The van der Waals surface area contributed by atoms with Gasteiger partial charge in [0.25, 0.3) is 0 Å². The molecule has 1 unspecified atom stereocenters. The molecule has 0 fully saturated rings. The summed E-state index contributed by atoms with van der Waals surface area (Å²) in [5, 5.41) is 3.28. The van der Waals surface area contributed by atoms with Crippen molar-refractivity contribution >= 4 is 23.1 Å². The van der Waals surface area contributed by atoms with Crippen LogP contribution in [0, 0.1) is 0 Å². The highest BCUT2D eigenvalue weighted by atomic mass is 32.2. The molecule has 0 spiro atoms. The molecular weight excluding hydrogens is 274 g/mol. The van der Waals surface area contributed by atoms with E-state index in [4.69, 9.17) is 0 Å². The summed E-state index contributed by atoms with van der Waals surface area (Å²) in [5.41, 5.74) is 0. The lowest BCUT2D eigenvalue weighted by atomic mass is 10.1. The molecule has 0 aliphatic carbocycles. The van der Waals surface area contributed by atoms with E-state index in [2.05, 4.69) is 59.2 Å². The standard InChI is InChI=1S/C14H21N3S2/c1-12(13-5-4-9-18-13)11-17-7-6-15-14(17)19-10-8-16(2)3/h4-7,9,12H,8,10-11H2,1-3H3. The van der Waals surface area contributed by atoms with Gasteiger partial charge in [-0.05, 0) is 25.5 Å². The normalized spacial score (nSPS) is 13.1. The number of nitrogens with zero attached hydrogens (tertiary/aromatic N) is 3. The second-order valence-corrected chi connectivity index (χ2v) is 6.97. The summed E-state index contributed by atoms with van der Waals surface area (Å²) in [6, 6.07) is 4.34. The summed E-state index contributed by atoms with van der Waals surface area (Å²) in [6.07, 6.45) is 3.99. The van der Waals surface area contributed by atoms with Crippen molar-refractivity contribution in [2.24, 2.45) is 0 Å². The van der Waals surface area contributed by atoms with Gasteiger partial charge in [0, 0.05) is 42.0 Å². The maximum Gasteiger partial charge on any atom is 0.167 e. The number of thioether (sulfide) groups is 1. The summed E-state index contributed by atoms with van der Waals surface area (Å²) in [6.45, 7) is 4.36. The van der Waals surface area contributed by atoms with Crippen LogP contribution in [0.25, 0.3) is 0 Å². The van der Waals surface area contributed by atoms with Crippen molar-refractivity contribution in [2.75, 3.05) is 26.4 Å². The highest BCUT2D eigenvalue weighted by molar-refractivity contribution is 7.99. The summed E-state index contributed by atoms with van der Waals surface area (Å²) < 4.78 is 2.27. The molecule has 2 heterocycles. The van der Waals surface area contributed by atoms with Crippen LogP contribution in [0.2, 0.25) is 0 Å². The Kier molecular flexibility index (Phi) is 5.48. The third kappa shape index (κ3) is 4.37. The lowest BCUT2D eigenvalue weighted by Gasteiger charge is -2.13. The fourth-order valence-electron chi connectivity index (χ4n) is 1.85. The minimum Gasteiger partial charge on any atom is -0.325 e. The molecule has 0 aromatic carbocycles. The zero-order valence-electron chi connectivity index (χ0n) is 11.7. The van der Waals surface area contributed by atoms with Crippen molar-refractivity contribution in [2.45, 2.75) is 24.5 Å². The van der Waals surface area contributed by atoms with Crippen molar-refractivity contribution in [3.8, 4) is 0 Å². The molecule has 2 aromatic heterocycles. The Morgan fingerprint density at radius 3 is 3.00 bits per heavy atom. The quantitative estimate of drug-likeness (QED) is 0.731. The largest absolute Gasteiger partial charge is 0.325 e. The Hall–Kier alpha value is -0.780. The molecule has 19 heavy (non-hydrogen) atoms. The second kappa shape index (κ2) is 7.12. The Balaban J connectivity index is 1.92. The summed E-state index contributed by atoms with van der Waals surface area (Å²) in [4.78, 5) is 8.10. The zero-order chi connectivity index (χ0) is 13.7.